The first-order chi connectivity index (χ1) is 16.0. The normalized spacial score (nSPS) is 16.3. The van der Waals surface area contributed by atoms with Crippen molar-refractivity contribution in [2.24, 2.45) is 13.0 Å². The Balaban J connectivity index is 2.00. The number of amides is 1. The van der Waals surface area contributed by atoms with E-state index in [0.717, 1.165) is 43.1 Å². The second-order valence-corrected chi connectivity index (χ2v) is 10.2. The van der Waals surface area contributed by atoms with Gasteiger partial charge in [0.1, 0.15) is 23.1 Å². The van der Waals surface area contributed by atoms with E-state index in [1.54, 1.807) is 7.05 Å². The number of hydrogen-bond donors (Lipinski definition) is 1. The summed E-state index contributed by atoms with van der Waals surface area (Å²) >= 11 is 0. The smallest absolute Gasteiger partial charge is 0.350 e. The fourth-order valence-corrected chi connectivity index (χ4v) is 4.44. The van der Waals surface area contributed by atoms with Gasteiger partial charge in [-0.1, -0.05) is 27.7 Å². The van der Waals surface area contributed by atoms with Gasteiger partial charge in [-0.2, -0.15) is 4.68 Å². The average molecular weight is 476 g/mol. The van der Waals surface area contributed by atoms with Gasteiger partial charge in [0, 0.05) is 25.1 Å². The number of ether oxygens (including phenoxy) is 1. The minimum absolute atomic E-state index is 0.0108. The molecule has 1 atom stereocenters. The van der Waals surface area contributed by atoms with Gasteiger partial charge in [0.05, 0.1) is 11.7 Å². The summed E-state index contributed by atoms with van der Waals surface area (Å²) in [5.74, 6) is 0.0976. The summed E-state index contributed by atoms with van der Waals surface area (Å²) in [6, 6.07) is 2.61. The predicted molar refractivity (Wildman–Crippen MR) is 130 cm³/mol. The molecule has 0 saturated carbocycles. The molecule has 3 rings (SSSR count). The van der Waals surface area contributed by atoms with E-state index in [9.17, 15) is 9.59 Å². The maximum Gasteiger partial charge on any atom is 0.350 e. The van der Waals surface area contributed by atoms with Gasteiger partial charge in [0.2, 0.25) is 0 Å². The minimum atomic E-state index is -0.701. The van der Waals surface area contributed by atoms with Crippen LogP contribution in [0.4, 0.5) is 4.39 Å². The zero-order valence-electron chi connectivity index (χ0n) is 21.4. The number of piperidine rings is 1. The summed E-state index contributed by atoms with van der Waals surface area (Å²) < 4.78 is 23.9. The molecule has 1 aromatic heterocycles. The van der Waals surface area contributed by atoms with Gasteiger partial charge in [-0.25, -0.2) is 9.18 Å². The highest BCUT2D eigenvalue weighted by molar-refractivity contribution is 5.97. The highest BCUT2D eigenvalue weighted by atomic mass is 19.1. The summed E-state index contributed by atoms with van der Waals surface area (Å²) in [6.45, 7) is 11.7. The van der Waals surface area contributed by atoms with E-state index in [0.29, 0.717) is 11.7 Å². The lowest BCUT2D eigenvalue weighted by molar-refractivity contribution is 0.0908. The number of halogens is 1. The van der Waals surface area contributed by atoms with Crippen LogP contribution in [0.15, 0.2) is 16.9 Å². The van der Waals surface area contributed by atoms with Crippen LogP contribution in [0.1, 0.15) is 76.0 Å². The zero-order valence-corrected chi connectivity index (χ0v) is 21.4. The molecule has 0 bridgehead atoms. The fraction of sp³-hybridized carbons (Fsp3) is 0.640. The van der Waals surface area contributed by atoms with Gasteiger partial charge in [0.25, 0.3) is 5.91 Å². The molecule has 1 amide bonds. The van der Waals surface area contributed by atoms with Gasteiger partial charge in [-0.3, -0.25) is 9.36 Å². The van der Waals surface area contributed by atoms with Gasteiger partial charge >= 0.3 is 5.69 Å². The third-order valence-electron chi connectivity index (χ3n) is 6.24. The van der Waals surface area contributed by atoms with Crippen LogP contribution in [0.25, 0.3) is 5.69 Å². The standard InChI is InChI=1S/C25H38FN5O3/c1-15(2)12-17(5)34-22-14-21(31-25(33)30(7)23(28-31)16(3)4)20(26)13-19(22)24(32)27-18-8-10-29(6)11-9-18/h13-18H,8-12H2,1-7H3,(H,27,32). The lowest BCUT2D eigenvalue weighted by Crippen LogP contribution is -2.43. The van der Waals surface area contributed by atoms with Crippen molar-refractivity contribution >= 4 is 5.91 Å². The zero-order chi connectivity index (χ0) is 25.2. The monoisotopic (exact) mass is 475 g/mol. The van der Waals surface area contributed by atoms with Gasteiger partial charge in [-0.15, -0.1) is 5.10 Å². The molecule has 0 aliphatic carbocycles. The first-order valence-electron chi connectivity index (χ1n) is 12.1. The maximum atomic E-state index is 15.3. The molecule has 1 aliphatic rings. The Morgan fingerprint density at radius 2 is 1.82 bits per heavy atom. The van der Waals surface area contributed by atoms with Crippen LogP contribution >= 0.6 is 0 Å². The van der Waals surface area contributed by atoms with Gasteiger partial charge < -0.3 is 15.0 Å². The number of nitrogens with one attached hydrogen (secondary N) is 1. The molecular formula is C25H38FN5O3. The first kappa shape index (κ1) is 25.9. The summed E-state index contributed by atoms with van der Waals surface area (Å²) in [4.78, 5) is 28.2. The molecule has 34 heavy (non-hydrogen) atoms. The molecule has 1 saturated heterocycles. The molecule has 1 fully saturated rings. The Kier molecular flexibility index (Phi) is 8.17. The van der Waals surface area contributed by atoms with Crippen molar-refractivity contribution in [1.82, 2.24) is 24.6 Å². The highest BCUT2D eigenvalue weighted by Crippen LogP contribution is 2.28. The molecule has 1 aromatic carbocycles. The molecule has 9 heteroatoms. The lowest BCUT2D eigenvalue weighted by atomic mass is 10.0. The van der Waals surface area contributed by atoms with E-state index in [1.165, 1.54) is 10.6 Å². The molecule has 1 aliphatic heterocycles. The number of benzene rings is 1. The van der Waals surface area contributed by atoms with Crippen molar-refractivity contribution in [3.8, 4) is 11.4 Å². The highest BCUT2D eigenvalue weighted by Gasteiger charge is 2.25. The van der Waals surface area contributed by atoms with E-state index in [-0.39, 0.29) is 41.0 Å². The number of carbonyl (C=O) groups is 1. The molecule has 1 N–H and O–H groups in total. The van der Waals surface area contributed by atoms with Crippen LogP contribution in [0.5, 0.6) is 5.75 Å². The van der Waals surface area contributed by atoms with Crippen molar-refractivity contribution in [3.05, 3.63) is 39.8 Å². The summed E-state index contributed by atoms with van der Waals surface area (Å²) in [5.41, 5.74) is -0.355. The number of nitrogens with zero attached hydrogens (tertiary/aromatic N) is 4. The third kappa shape index (κ3) is 5.87. The van der Waals surface area contributed by atoms with Crippen molar-refractivity contribution in [2.45, 2.75) is 71.9 Å². The molecular weight excluding hydrogens is 437 g/mol. The van der Waals surface area contributed by atoms with Gasteiger partial charge in [0.15, 0.2) is 0 Å². The molecule has 8 nitrogen and oxygen atoms in total. The quantitative estimate of drug-likeness (QED) is 0.632. The third-order valence-corrected chi connectivity index (χ3v) is 6.24. The number of aromatic nitrogens is 3. The van der Waals surface area contributed by atoms with Gasteiger partial charge in [-0.05, 0) is 58.3 Å². The molecule has 0 radical (unpaired) electrons. The Morgan fingerprint density at radius 3 is 2.38 bits per heavy atom. The summed E-state index contributed by atoms with van der Waals surface area (Å²) in [7, 11) is 3.67. The van der Waals surface area contributed by atoms with Crippen LogP contribution in [-0.4, -0.2) is 57.4 Å². The van der Waals surface area contributed by atoms with Crippen molar-refractivity contribution in [3.63, 3.8) is 0 Å². The van der Waals surface area contributed by atoms with E-state index >= 15 is 4.39 Å². The number of hydrogen-bond acceptors (Lipinski definition) is 5. The Morgan fingerprint density at radius 1 is 1.18 bits per heavy atom. The van der Waals surface area contributed by atoms with Crippen molar-refractivity contribution in [2.75, 3.05) is 20.1 Å². The van der Waals surface area contributed by atoms with Crippen LogP contribution in [-0.2, 0) is 7.05 Å². The topological polar surface area (TPSA) is 81.4 Å². The Bertz CT molecular complexity index is 1070. The summed E-state index contributed by atoms with van der Waals surface area (Å²) in [6.07, 6.45) is 2.25. The Labute approximate surface area is 201 Å². The van der Waals surface area contributed by atoms with E-state index in [1.807, 2.05) is 20.8 Å². The first-order valence-corrected chi connectivity index (χ1v) is 12.1. The molecule has 2 heterocycles. The van der Waals surface area contributed by atoms with E-state index in [4.69, 9.17) is 4.74 Å². The molecule has 2 aromatic rings. The Hall–Kier alpha value is -2.68. The largest absolute Gasteiger partial charge is 0.490 e. The fourth-order valence-electron chi connectivity index (χ4n) is 4.44. The lowest BCUT2D eigenvalue weighted by Gasteiger charge is -2.29. The number of carbonyl (C=O) groups excluding carboxylic acids is 1. The van der Waals surface area contributed by atoms with Crippen LogP contribution < -0.4 is 15.7 Å². The van der Waals surface area contributed by atoms with E-state index in [2.05, 4.69) is 36.2 Å². The molecule has 0 spiro atoms. The van der Waals surface area contributed by atoms with Crippen LogP contribution in [0.2, 0.25) is 0 Å². The minimum Gasteiger partial charge on any atom is -0.490 e. The van der Waals surface area contributed by atoms with Crippen LogP contribution in [0.3, 0.4) is 0 Å². The van der Waals surface area contributed by atoms with Crippen molar-refractivity contribution < 1.29 is 13.9 Å². The number of rotatable bonds is 8. The maximum absolute atomic E-state index is 15.3. The van der Waals surface area contributed by atoms with E-state index < -0.39 is 11.5 Å². The average Bonchev–Trinajstić information content (AvgIpc) is 3.05. The second kappa shape index (κ2) is 10.7. The predicted octanol–water partition coefficient (Wildman–Crippen LogP) is 3.47. The molecule has 188 valence electrons. The van der Waals surface area contributed by atoms with Crippen LogP contribution in [0, 0.1) is 11.7 Å². The molecule has 1 unspecified atom stereocenters. The second-order valence-electron chi connectivity index (χ2n) is 10.2. The number of likely N-dealkylation sites (tertiary alicyclic amines) is 1. The summed E-state index contributed by atoms with van der Waals surface area (Å²) in [5, 5.41) is 7.39. The van der Waals surface area contributed by atoms with Crippen molar-refractivity contribution in [1.29, 1.82) is 0 Å². The SMILES string of the molecule is CC(C)CC(C)Oc1cc(-n2nc(C(C)C)n(C)c2=O)c(F)cc1C(=O)NC1CCN(C)CC1.